The van der Waals surface area contributed by atoms with E-state index in [0.717, 1.165) is 0 Å². The van der Waals surface area contributed by atoms with Crippen molar-refractivity contribution in [1.29, 1.82) is 0 Å². The predicted octanol–water partition coefficient (Wildman–Crippen LogP) is 1.32. The van der Waals surface area contributed by atoms with Crippen LogP contribution >= 0.6 is 0 Å². The summed E-state index contributed by atoms with van der Waals surface area (Å²) in [5, 5.41) is 2.65. The van der Waals surface area contributed by atoms with Crippen molar-refractivity contribution in [3.05, 3.63) is 42.4 Å². The van der Waals surface area contributed by atoms with Gasteiger partial charge in [-0.1, -0.05) is 0 Å². The lowest BCUT2D eigenvalue weighted by atomic mass is 10.3. The third kappa shape index (κ3) is 2.54. The van der Waals surface area contributed by atoms with Crippen LogP contribution in [-0.2, 0) is 0 Å². The third-order valence-electron chi connectivity index (χ3n) is 2.26. The van der Waals surface area contributed by atoms with E-state index in [4.69, 9.17) is 10.5 Å². The summed E-state index contributed by atoms with van der Waals surface area (Å²) in [7, 11) is 1.52. The molecule has 0 saturated carbocycles. The molecular formula is C12H12N4O2. The molecule has 2 aromatic rings. The normalized spacial score (nSPS) is 9.83. The molecule has 0 saturated heterocycles. The molecule has 6 nitrogen and oxygen atoms in total. The summed E-state index contributed by atoms with van der Waals surface area (Å²) in [4.78, 5) is 19.8. The minimum atomic E-state index is -0.375. The number of nitrogens with one attached hydrogen (secondary N) is 1. The molecule has 3 N–H and O–H groups in total. The van der Waals surface area contributed by atoms with Gasteiger partial charge in [0.05, 0.1) is 24.7 Å². The van der Waals surface area contributed by atoms with Crippen molar-refractivity contribution >= 4 is 17.3 Å². The molecule has 6 heteroatoms. The van der Waals surface area contributed by atoms with Gasteiger partial charge in [-0.25, -0.2) is 9.97 Å². The van der Waals surface area contributed by atoms with Crippen molar-refractivity contribution in [2.24, 2.45) is 0 Å². The van der Waals surface area contributed by atoms with Crippen LogP contribution in [-0.4, -0.2) is 23.0 Å². The second-order valence-corrected chi connectivity index (χ2v) is 3.48. The molecular weight excluding hydrogens is 232 g/mol. The van der Waals surface area contributed by atoms with Crippen LogP contribution in [0.4, 0.5) is 11.4 Å². The van der Waals surface area contributed by atoms with Crippen LogP contribution in [0.3, 0.4) is 0 Å². The van der Waals surface area contributed by atoms with Gasteiger partial charge in [-0.15, -0.1) is 0 Å². The largest absolute Gasteiger partial charge is 0.481 e. The monoisotopic (exact) mass is 244 g/mol. The Balaban J connectivity index is 2.14. The molecule has 0 radical (unpaired) electrons. The third-order valence-corrected chi connectivity index (χ3v) is 2.26. The van der Waals surface area contributed by atoms with Crippen molar-refractivity contribution in [3.8, 4) is 5.88 Å². The smallest absolute Gasteiger partial charge is 0.276 e. The first-order valence-corrected chi connectivity index (χ1v) is 5.22. The number of ether oxygens (including phenoxy) is 1. The number of hydrogen-bond donors (Lipinski definition) is 2. The summed E-state index contributed by atoms with van der Waals surface area (Å²) in [6, 6.07) is 6.62. The Morgan fingerprint density at radius 1 is 1.33 bits per heavy atom. The molecule has 18 heavy (non-hydrogen) atoms. The standard InChI is InChI=1S/C12H12N4O2/c1-18-10-5-4-8(7-15-10)16-12(17)11-9(13)3-2-6-14-11/h2-7H,13H2,1H3,(H,16,17). The number of nitrogens with two attached hydrogens (primary N) is 1. The number of carbonyl (C=O) groups is 1. The van der Waals surface area contributed by atoms with Gasteiger partial charge in [0.2, 0.25) is 5.88 Å². The number of methoxy groups -OCH3 is 1. The number of rotatable bonds is 3. The van der Waals surface area contributed by atoms with Crippen LogP contribution in [0, 0.1) is 0 Å². The maximum Gasteiger partial charge on any atom is 0.276 e. The van der Waals surface area contributed by atoms with Gasteiger partial charge in [-0.2, -0.15) is 0 Å². The van der Waals surface area contributed by atoms with Crippen molar-refractivity contribution in [1.82, 2.24) is 9.97 Å². The molecule has 0 unspecified atom stereocenters. The van der Waals surface area contributed by atoms with Crippen LogP contribution in [0.15, 0.2) is 36.7 Å². The molecule has 0 aliphatic carbocycles. The first-order valence-electron chi connectivity index (χ1n) is 5.22. The molecule has 2 aromatic heterocycles. The fourth-order valence-corrected chi connectivity index (χ4v) is 1.37. The Hall–Kier alpha value is -2.63. The van der Waals surface area contributed by atoms with Gasteiger partial charge in [0.1, 0.15) is 0 Å². The number of amides is 1. The van der Waals surface area contributed by atoms with E-state index in [2.05, 4.69) is 15.3 Å². The second-order valence-electron chi connectivity index (χ2n) is 3.48. The minimum Gasteiger partial charge on any atom is -0.481 e. The molecule has 0 bridgehead atoms. The van der Waals surface area contributed by atoms with Crippen LogP contribution in [0.5, 0.6) is 5.88 Å². The van der Waals surface area contributed by atoms with Crippen LogP contribution < -0.4 is 15.8 Å². The average molecular weight is 244 g/mol. The number of nitrogens with zero attached hydrogens (tertiary/aromatic N) is 2. The van der Waals surface area contributed by atoms with E-state index < -0.39 is 0 Å². The Morgan fingerprint density at radius 3 is 2.78 bits per heavy atom. The highest BCUT2D eigenvalue weighted by Crippen LogP contribution is 2.13. The maximum absolute atomic E-state index is 11.9. The molecule has 2 rings (SSSR count). The van der Waals surface area contributed by atoms with Crippen molar-refractivity contribution < 1.29 is 9.53 Å². The van der Waals surface area contributed by atoms with Crippen molar-refractivity contribution in [3.63, 3.8) is 0 Å². The quantitative estimate of drug-likeness (QED) is 0.849. The Kier molecular flexibility index (Phi) is 3.38. The van der Waals surface area contributed by atoms with E-state index in [0.29, 0.717) is 17.3 Å². The molecule has 2 heterocycles. The summed E-state index contributed by atoms with van der Waals surface area (Å²) in [5.74, 6) is 0.102. The second kappa shape index (κ2) is 5.13. The Bertz CT molecular complexity index is 554. The highest BCUT2D eigenvalue weighted by molar-refractivity contribution is 6.06. The van der Waals surface area contributed by atoms with E-state index >= 15 is 0 Å². The molecule has 0 aliphatic rings. The zero-order valence-corrected chi connectivity index (χ0v) is 9.75. The molecule has 1 amide bonds. The van der Waals surface area contributed by atoms with Crippen LogP contribution in [0.1, 0.15) is 10.5 Å². The highest BCUT2D eigenvalue weighted by atomic mass is 16.5. The lowest BCUT2D eigenvalue weighted by Gasteiger charge is -2.06. The lowest BCUT2D eigenvalue weighted by molar-refractivity contribution is 0.102. The van der Waals surface area contributed by atoms with Crippen molar-refractivity contribution in [2.75, 3.05) is 18.2 Å². The van der Waals surface area contributed by atoms with E-state index in [1.165, 1.54) is 19.5 Å². The summed E-state index contributed by atoms with van der Waals surface area (Å²) < 4.78 is 4.92. The van der Waals surface area contributed by atoms with E-state index in [-0.39, 0.29) is 11.6 Å². The Labute approximate surface area is 104 Å². The SMILES string of the molecule is COc1ccc(NC(=O)c2ncccc2N)cn1. The fraction of sp³-hybridized carbons (Fsp3) is 0.0833. The summed E-state index contributed by atoms with van der Waals surface area (Å²) >= 11 is 0. The summed E-state index contributed by atoms with van der Waals surface area (Å²) in [6.45, 7) is 0. The number of hydrogen-bond acceptors (Lipinski definition) is 5. The van der Waals surface area contributed by atoms with Crippen LogP contribution in [0.25, 0.3) is 0 Å². The Morgan fingerprint density at radius 2 is 2.17 bits per heavy atom. The summed E-state index contributed by atoms with van der Waals surface area (Å²) in [6.07, 6.45) is 3.01. The van der Waals surface area contributed by atoms with Crippen molar-refractivity contribution in [2.45, 2.75) is 0 Å². The maximum atomic E-state index is 11.9. The topological polar surface area (TPSA) is 90.1 Å². The van der Waals surface area contributed by atoms with Gasteiger partial charge >= 0.3 is 0 Å². The molecule has 0 aromatic carbocycles. The van der Waals surface area contributed by atoms with Gasteiger partial charge < -0.3 is 15.8 Å². The zero-order valence-electron chi connectivity index (χ0n) is 9.75. The molecule has 0 atom stereocenters. The van der Waals surface area contributed by atoms with E-state index in [1.54, 1.807) is 24.3 Å². The van der Waals surface area contributed by atoms with Crippen LogP contribution in [0.2, 0.25) is 0 Å². The first kappa shape index (κ1) is 11.8. The number of nitrogen functional groups attached to an aromatic ring is 1. The van der Waals surface area contributed by atoms with Gasteiger partial charge in [-0.05, 0) is 18.2 Å². The van der Waals surface area contributed by atoms with Gasteiger partial charge in [0.25, 0.3) is 5.91 Å². The molecule has 92 valence electrons. The van der Waals surface area contributed by atoms with Gasteiger partial charge in [0.15, 0.2) is 5.69 Å². The molecule has 0 spiro atoms. The number of anilines is 2. The van der Waals surface area contributed by atoms with Gasteiger partial charge in [0, 0.05) is 12.3 Å². The fourth-order valence-electron chi connectivity index (χ4n) is 1.37. The zero-order chi connectivity index (χ0) is 13.0. The minimum absolute atomic E-state index is 0.188. The predicted molar refractivity (Wildman–Crippen MR) is 67.4 cm³/mol. The number of aromatic nitrogens is 2. The van der Waals surface area contributed by atoms with Gasteiger partial charge in [-0.3, -0.25) is 4.79 Å². The number of carbonyl (C=O) groups excluding carboxylic acids is 1. The van der Waals surface area contributed by atoms with E-state index in [9.17, 15) is 4.79 Å². The lowest BCUT2D eigenvalue weighted by Crippen LogP contribution is -2.15. The molecule has 0 fully saturated rings. The molecule has 0 aliphatic heterocycles. The highest BCUT2D eigenvalue weighted by Gasteiger charge is 2.10. The van der Waals surface area contributed by atoms with E-state index in [1.807, 2.05) is 0 Å². The number of pyridine rings is 2. The summed E-state index contributed by atoms with van der Waals surface area (Å²) in [5.41, 5.74) is 6.73. The first-order chi connectivity index (χ1) is 8.70. The average Bonchev–Trinajstić information content (AvgIpc) is 2.40.